The number of hydrogen-bond acceptors (Lipinski definition) is 3. The average molecular weight is 459 g/mol. The standard InChI is InChI=1S/C23H24ClFN4O3/c1-15-20(14-30)21(16-5-3-6-17(24)13-16)29(23(32)26-15)12-4-11-28(2)22(31)27-19-9-7-18(25)8-10-19/h3,5-10,13-14,21H,4,11-12H2,1-2H3,(H,26,32)(H,27,31). The molecule has 1 aliphatic rings. The van der Waals surface area contributed by atoms with Gasteiger partial charge in [0.05, 0.1) is 6.04 Å². The highest BCUT2D eigenvalue weighted by atomic mass is 35.5. The van der Waals surface area contributed by atoms with Gasteiger partial charge in [-0.1, -0.05) is 23.7 Å². The smallest absolute Gasteiger partial charge is 0.322 e. The highest BCUT2D eigenvalue weighted by molar-refractivity contribution is 6.30. The van der Waals surface area contributed by atoms with E-state index in [0.29, 0.717) is 41.5 Å². The van der Waals surface area contributed by atoms with Crippen molar-refractivity contribution in [3.8, 4) is 0 Å². The van der Waals surface area contributed by atoms with Crippen molar-refractivity contribution in [2.45, 2.75) is 19.4 Å². The molecule has 4 amide bonds. The monoisotopic (exact) mass is 458 g/mol. The Balaban J connectivity index is 1.67. The summed E-state index contributed by atoms with van der Waals surface area (Å²) < 4.78 is 13.0. The minimum Gasteiger partial charge on any atom is -0.328 e. The molecule has 0 bridgehead atoms. The number of carbonyl (C=O) groups is 3. The highest BCUT2D eigenvalue weighted by Crippen LogP contribution is 2.33. The molecule has 0 aliphatic carbocycles. The Morgan fingerprint density at radius 3 is 2.66 bits per heavy atom. The first-order valence-corrected chi connectivity index (χ1v) is 10.4. The van der Waals surface area contributed by atoms with Gasteiger partial charge in [-0.15, -0.1) is 0 Å². The number of hydrogen-bond donors (Lipinski definition) is 2. The largest absolute Gasteiger partial charge is 0.328 e. The summed E-state index contributed by atoms with van der Waals surface area (Å²) in [6.07, 6.45) is 1.22. The van der Waals surface area contributed by atoms with E-state index in [-0.39, 0.29) is 17.9 Å². The number of urea groups is 2. The number of benzene rings is 2. The summed E-state index contributed by atoms with van der Waals surface area (Å²) in [5.74, 6) is -0.385. The molecule has 1 unspecified atom stereocenters. The van der Waals surface area contributed by atoms with E-state index < -0.39 is 6.04 Å². The molecular formula is C23H24ClFN4O3. The van der Waals surface area contributed by atoms with E-state index in [9.17, 15) is 18.8 Å². The van der Waals surface area contributed by atoms with Crippen LogP contribution in [0.1, 0.15) is 24.9 Å². The zero-order valence-corrected chi connectivity index (χ0v) is 18.5. The summed E-state index contributed by atoms with van der Waals surface area (Å²) in [4.78, 5) is 39.9. The Morgan fingerprint density at radius 1 is 1.28 bits per heavy atom. The highest BCUT2D eigenvalue weighted by Gasteiger charge is 2.34. The first-order chi connectivity index (χ1) is 15.3. The fraction of sp³-hybridized carbons (Fsp3) is 0.261. The molecule has 0 spiro atoms. The third-order valence-corrected chi connectivity index (χ3v) is 5.46. The third-order valence-electron chi connectivity index (χ3n) is 5.22. The second kappa shape index (κ2) is 10.3. The molecule has 0 fully saturated rings. The van der Waals surface area contributed by atoms with Crippen LogP contribution < -0.4 is 10.6 Å². The lowest BCUT2D eigenvalue weighted by molar-refractivity contribution is -0.105. The molecule has 7 nitrogen and oxygen atoms in total. The molecule has 2 aromatic rings. The summed E-state index contributed by atoms with van der Waals surface area (Å²) in [7, 11) is 1.63. The predicted molar refractivity (Wildman–Crippen MR) is 121 cm³/mol. The molecule has 168 valence electrons. The topological polar surface area (TPSA) is 81.8 Å². The maximum Gasteiger partial charge on any atom is 0.322 e. The maximum atomic E-state index is 13.0. The average Bonchev–Trinajstić information content (AvgIpc) is 2.76. The van der Waals surface area contributed by atoms with Crippen LogP contribution in [0.4, 0.5) is 19.7 Å². The molecule has 0 saturated carbocycles. The minimum atomic E-state index is -0.571. The Labute approximate surface area is 190 Å². The van der Waals surface area contributed by atoms with Crippen molar-refractivity contribution in [3.63, 3.8) is 0 Å². The molecule has 2 N–H and O–H groups in total. The Hall–Kier alpha value is -3.39. The van der Waals surface area contributed by atoms with Crippen LogP contribution >= 0.6 is 11.6 Å². The lowest BCUT2D eigenvalue weighted by Crippen LogP contribution is -2.48. The van der Waals surface area contributed by atoms with Crippen LogP contribution in [0.25, 0.3) is 0 Å². The van der Waals surface area contributed by atoms with Gasteiger partial charge < -0.3 is 20.4 Å². The van der Waals surface area contributed by atoms with Crippen LogP contribution in [0.3, 0.4) is 0 Å². The number of allylic oxidation sites excluding steroid dienone is 1. The number of nitrogens with one attached hydrogen (secondary N) is 2. The van der Waals surface area contributed by atoms with E-state index in [4.69, 9.17) is 11.6 Å². The van der Waals surface area contributed by atoms with Crippen molar-refractivity contribution < 1.29 is 18.8 Å². The molecule has 1 aliphatic heterocycles. The van der Waals surface area contributed by atoms with Gasteiger partial charge in [0.25, 0.3) is 0 Å². The van der Waals surface area contributed by atoms with Crippen LogP contribution in [0.2, 0.25) is 5.02 Å². The number of aldehydes is 1. The number of anilines is 1. The van der Waals surface area contributed by atoms with Gasteiger partial charge >= 0.3 is 12.1 Å². The first kappa shape index (κ1) is 23.3. The van der Waals surface area contributed by atoms with E-state index in [2.05, 4.69) is 10.6 Å². The number of carbonyl (C=O) groups excluding carboxylic acids is 3. The van der Waals surface area contributed by atoms with Gasteiger partial charge in [-0.25, -0.2) is 14.0 Å². The van der Waals surface area contributed by atoms with Crippen molar-refractivity contribution in [3.05, 3.63) is 76.2 Å². The second-order valence-corrected chi connectivity index (χ2v) is 7.93. The quantitative estimate of drug-likeness (QED) is 0.596. The molecule has 9 heteroatoms. The Morgan fingerprint density at radius 2 is 2.00 bits per heavy atom. The normalized spacial score (nSPS) is 15.9. The zero-order chi connectivity index (χ0) is 23.3. The van der Waals surface area contributed by atoms with Crippen LogP contribution in [0, 0.1) is 5.82 Å². The van der Waals surface area contributed by atoms with E-state index in [1.807, 2.05) is 6.07 Å². The van der Waals surface area contributed by atoms with Crippen LogP contribution in [-0.4, -0.2) is 48.3 Å². The van der Waals surface area contributed by atoms with Crippen molar-refractivity contribution in [1.82, 2.24) is 15.1 Å². The van der Waals surface area contributed by atoms with Crippen molar-refractivity contribution >= 4 is 35.6 Å². The lowest BCUT2D eigenvalue weighted by atomic mass is 9.94. The van der Waals surface area contributed by atoms with Gasteiger partial charge in [0.15, 0.2) is 0 Å². The first-order valence-electron chi connectivity index (χ1n) is 10.1. The van der Waals surface area contributed by atoms with Gasteiger partial charge in [0.1, 0.15) is 12.1 Å². The Bertz CT molecular complexity index is 1040. The summed E-state index contributed by atoms with van der Waals surface area (Å²) in [6.45, 7) is 2.35. The fourth-order valence-electron chi connectivity index (χ4n) is 3.55. The second-order valence-electron chi connectivity index (χ2n) is 7.49. The summed E-state index contributed by atoms with van der Waals surface area (Å²) in [5, 5.41) is 5.92. The zero-order valence-electron chi connectivity index (χ0n) is 17.8. The van der Waals surface area contributed by atoms with E-state index in [0.717, 1.165) is 11.8 Å². The molecule has 0 radical (unpaired) electrons. The lowest BCUT2D eigenvalue weighted by Gasteiger charge is -2.37. The minimum absolute atomic E-state index is 0.307. The fourth-order valence-corrected chi connectivity index (χ4v) is 3.74. The van der Waals surface area contributed by atoms with Gasteiger partial charge in [-0.05, 0) is 55.3 Å². The van der Waals surface area contributed by atoms with Gasteiger partial charge in [0.2, 0.25) is 0 Å². The molecule has 0 saturated heterocycles. The van der Waals surface area contributed by atoms with Gasteiger partial charge in [-0.3, -0.25) is 4.79 Å². The number of rotatable bonds is 7. The Kier molecular flexibility index (Phi) is 7.48. The van der Waals surface area contributed by atoms with Crippen molar-refractivity contribution in [1.29, 1.82) is 0 Å². The van der Waals surface area contributed by atoms with Crippen LogP contribution in [0.5, 0.6) is 0 Å². The summed E-state index contributed by atoms with van der Waals surface area (Å²) >= 11 is 6.14. The molecule has 1 atom stereocenters. The van der Waals surface area contributed by atoms with E-state index in [1.165, 1.54) is 29.2 Å². The van der Waals surface area contributed by atoms with Crippen molar-refractivity contribution in [2.24, 2.45) is 0 Å². The number of halogens is 2. The molecule has 1 heterocycles. The van der Waals surface area contributed by atoms with Crippen LogP contribution in [0.15, 0.2) is 59.8 Å². The molecule has 2 aromatic carbocycles. The van der Waals surface area contributed by atoms with Gasteiger partial charge in [-0.2, -0.15) is 0 Å². The SMILES string of the molecule is CC1=C(C=O)C(c2cccc(Cl)c2)N(CCCN(C)C(=O)Nc2ccc(F)cc2)C(=O)N1. The van der Waals surface area contributed by atoms with Gasteiger partial charge in [0, 0.05) is 42.1 Å². The number of amides is 4. The van der Waals surface area contributed by atoms with Crippen LogP contribution in [-0.2, 0) is 4.79 Å². The molecular weight excluding hydrogens is 435 g/mol. The van der Waals surface area contributed by atoms with E-state index >= 15 is 0 Å². The predicted octanol–water partition coefficient (Wildman–Crippen LogP) is 4.57. The van der Waals surface area contributed by atoms with Crippen molar-refractivity contribution in [2.75, 3.05) is 25.5 Å². The summed E-state index contributed by atoms with van der Waals surface area (Å²) in [6, 6.07) is 11.3. The molecule has 3 rings (SSSR count). The third kappa shape index (κ3) is 5.45. The summed E-state index contributed by atoms with van der Waals surface area (Å²) in [5.41, 5.74) is 2.17. The maximum absolute atomic E-state index is 13.0. The molecule has 0 aromatic heterocycles. The van der Waals surface area contributed by atoms with E-state index in [1.54, 1.807) is 37.1 Å². The molecule has 32 heavy (non-hydrogen) atoms. The number of nitrogens with zero attached hydrogens (tertiary/aromatic N) is 2.